The topological polar surface area (TPSA) is 58.9 Å². The monoisotopic (exact) mass is 154 g/mol. The van der Waals surface area contributed by atoms with Gasteiger partial charge >= 0.3 is 0 Å². The maximum Gasteiger partial charge on any atom is 0.209 e. The maximum atomic E-state index is 10.00. The first-order valence-electron chi connectivity index (χ1n) is 3.45. The molecule has 0 saturated carbocycles. The van der Waals surface area contributed by atoms with Gasteiger partial charge in [-0.3, -0.25) is 10.1 Å². The zero-order chi connectivity index (χ0) is 8.27. The molecule has 4 heteroatoms. The lowest BCUT2D eigenvalue weighted by Crippen LogP contribution is -2.04. The Balaban J connectivity index is 2.51. The molecule has 0 radical (unpaired) electrons. The van der Waals surface area contributed by atoms with Crippen LogP contribution in [0.2, 0.25) is 0 Å². The van der Waals surface area contributed by atoms with E-state index in [0.29, 0.717) is 6.42 Å². The molecule has 1 rings (SSSR count). The highest BCUT2D eigenvalue weighted by atomic mass is 16.6. The molecule has 4 nitrogen and oxygen atoms in total. The Morgan fingerprint density at radius 2 is 2.45 bits per heavy atom. The number of H-pyrrole nitrogens is 1. The number of nitrogens with one attached hydrogen (secondary N) is 1. The smallest absolute Gasteiger partial charge is 0.209 e. The van der Waals surface area contributed by atoms with E-state index in [2.05, 4.69) is 4.98 Å². The van der Waals surface area contributed by atoms with Crippen LogP contribution in [0.15, 0.2) is 12.3 Å². The second-order valence-corrected chi connectivity index (χ2v) is 2.45. The van der Waals surface area contributed by atoms with Crippen molar-refractivity contribution in [2.75, 3.05) is 6.54 Å². The fourth-order valence-electron chi connectivity index (χ4n) is 0.954. The third-order valence-corrected chi connectivity index (χ3v) is 1.61. The lowest BCUT2D eigenvalue weighted by molar-refractivity contribution is -0.479. The van der Waals surface area contributed by atoms with Gasteiger partial charge in [-0.25, -0.2) is 0 Å². The van der Waals surface area contributed by atoms with Gasteiger partial charge in [0.15, 0.2) is 0 Å². The first kappa shape index (κ1) is 7.78. The molecule has 0 aliphatic heterocycles. The van der Waals surface area contributed by atoms with Crippen molar-refractivity contribution < 1.29 is 4.92 Å². The van der Waals surface area contributed by atoms with E-state index in [9.17, 15) is 10.1 Å². The zero-order valence-corrected chi connectivity index (χ0v) is 6.33. The number of rotatable bonds is 3. The first-order chi connectivity index (χ1) is 5.20. The molecule has 0 aliphatic carbocycles. The third-order valence-electron chi connectivity index (χ3n) is 1.61. The summed E-state index contributed by atoms with van der Waals surface area (Å²) in [5.41, 5.74) is 2.05. The molecule has 0 aromatic carbocycles. The molecule has 0 atom stereocenters. The molecule has 1 aromatic heterocycles. The third kappa shape index (κ3) is 2.07. The van der Waals surface area contributed by atoms with Crippen LogP contribution in [0.5, 0.6) is 0 Å². The predicted octanol–water partition coefficient (Wildman–Crippen LogP) is 1.14. The highest BCUT2D eigenvalue weighted by Gasteiger charge is 2.02. The summed E-state index contributed by atoms with van der Waals surface area (Å²) < 4.78 is 0. The summed E-state index contributed by atoms with van der Waals surface area (Å²) in [6.07, 6.45) is 2.29. The van der Waals surface area contributed by atoms with Crippen LogP contribution in [-0.2, 0) is 6.42 Å². The molecule has 0 fully saturated rings. The average molecular weight is 154 g/mol. The average Bonchev–Trinajstić information content (AvgIpc) is 2.31. The van der Waals surface area contributed by atoms with Crippen molar-refractivity contribution in [1.29, 1.82) is 0 Å². The van der Waals surface area contributed by atoms with Crippen LogP contribution >= 0.6 is 0 Å². The van der Waals surface area contributed by atoms with E-state index in [0.717, 1.165) is 11.3 Å². The van der Waals surface area contributed by atoms with Crippen molar-refractivity contribution >= 4 is 0 Å². The van der Waals surface area contributed by atoms with E-state index < -0.39 is 0 Å². The van der Waals surface area contributed by atoms with Crippen molar-refractivity contribution in [3.63, 3.8) is 0 Å². The predicted molar refractivity (Wildman–Crippen MR) is 41.1 cm³/mol. The van der Waals surface area contributed by atoms with Crippen molar-refractivity contribution in [2.45, 2.75) is 13.3 Å². The molecule has 0 spiro atoms. The quantitative estimate of drug-likeness (QED) is 0.524. The Bertz CT molecular complexity index is 255. The Morgan fingerprint density at radius 1 is 1.73 bits per heavy atom. The SMILES string of the molecule is Cc1cc[nH]c1CC[N+](=O)[O-]. The van der Waals surface area contributed by atoms with Gasteiger partial charge in [0, 0.05) is 16.8 Å². The van der Waals surface area contributed by atoms with E-state index >= 15 is 0 Å². The number of aryl methyl sites for hydroxylation is 1. The van der Waals surface area contributed by atoms with Crippen LogP contribution in [0, 0.1) is 17.0 Å². The summed E-state index contributed by atoms with van der Waals surface area (Å²) in [7, 11) is 0. The van der Waals surface area contributed by atoms with Crippen LogP contribution in [0.3, 0.4) is 0 Å². The fraction of sp³-hybridized carbons (Fsp3) is 0.429. The molecule has 1 heterocycles. The minimum absolute atomic E-state index is 0.00134. The summed E-state index contributed by atoms with van der Waals surface area (Å²) in [5, 5.41) is 10.00. The number of aromatic nitrogens is 1. The van der Waals surface area contributed by atoms with E-state index in [1.807, 2.05) is 13.0 Å². The van der Waals surface area contributed by atoms with Gasteiger partial charge in [-0.1, -0.05) is 0 Å². The van der Waals surface area contributed by atoms with Gasteiger partial charge in [0.1, 0.15) is 0 Å². The van der Waals surface area contributed by atoms with Gasteiger partial charge in [-0.15, -0.1) is 0 Å². The van der Waals surface area contributed by atoms with E-state index in [1.165, 1.54) is 0 Å². The number of aromatic amines is 1. The molecule has 0 unspecified atom stereocenters. The zero-order valence-electron chi connectivity index (χ0n) is 6.33. The molecule has 0 amide bonds. The lowest BCUT2D eigenvalue weighted by Gasteiger charge is -1.93. The van der Waals surface area contributed by atoms with E-state index in [4.69, 9.17) is 0 Å². The van der Waals surface area contributed by atoms with Gasteiger partial charge in [-0.05, 0) is 18.6 Å². The van der Waals surface area contributed by atoms with Crippen LogP contribution in [0.25, 0.3) is 0 Å². The Hall–Kier alpha value is -1.32. The van der Waals surface area contributed by atoms with Crippen LogP contribution in [0.4, 0.5) is 0 Å². The van der Waals surface area contributed by atoms with Gasteiger partial charge in [0.05, 0.1) is 6.42 Å². The van der Waals surface area contributed by atoms with Gasteiger partial charge in [0.25, 0.3) is 0 Å². The minimum Gasteiger partial charge on any atom is -0.365 e. The Labute approximate surface area is 64.4 Å². The largest absolute Gasteiger partial charge is 0.365 e. The van der Waals surface area contributed by atoms with Crippen LogP contribution in [0.1, 0.15) is 11.3 Å². The number of nitrogens with zero attached hydrogens (tertiary/aromatic N) is 1. The first-order valence-corrected chi connectivity index (χ1v) is 3.45. The minimum atomic E-state index is -0.305. The molecule has 1 N–H and O–H groups in total. The number of nitro groups is 1. The Morgan fingerprint density at radius 3 is 2.91 bits per heavy atom. The van der Waals surface area contributed by atoms with Gasteiger partial charge in [0.2, 0.25) is 6.54 Å². The molecule has 0 bridgehead atoms. The van der Waals surface area contributed by atoms with E-state index in [1.54, 1.807) is 6.20 Å². The lowest BCUT2D eigenvalue weighted by atomic mass is 10.2. The van der Waals surface area contributed by atoms with Crippen molar-refractivity contribution in [3.05, 3.63) is 33.6 Å². The molecule has 11 heavy (non-hydrogen) atoms. The molecule has 1 aromatic rings. The van der Waals surface area contributed by atoms with Crippen LogP contribution < -0.4 is 0 Å². The molecule has 0 saturated heterocycles. The van der Waals surface area contributed by atoms with Crippen molar-refractivity contribution in [3.8, 4) is 0 Å². The van der Waals surface area contributed by atoms with E-state index in [-0.39, 0.29) is 11.5 Å². The number of hydrogen-bond donors (Lipinski definition) is 1. The number of hydrogen-bond acceptors (Lipinski definition) is 2. The molecule has 0 aliphatic rings. The summed E-state index contributed by atoms with van der Waals surface area (Å²) in [4.78, 5) is 12.6. The van der Waals surface area contributed by atoms with Gasteiger partial charge in [-0.2, -0.15) is 0 Å². The Kier molecular flexibility index (Phi) is 2.25. The highest BCUT2D eigenvalue weighted by Crippen LogP contribution is 2.04. The van der Waals surface area contributed by atoms with Crippen LogP contribution in [-0.4, -0.2) is 16.5 Å². The standard InChI is InChI=1S/C7H10N2O2/c1-6-2-4-8-7(6)3-5-9(10)11/h2,4,8H,3,5H2,1H3. The highest BCUT2D eigenvalue weighted by molar-refractivity contribution is 5.18. The second-order valence-electron chi connectivity index (χ2n) is 2.45. The van der Waals surface area contributed by atoms with Crippen molar-refractivity contribution in [2.24, 2.45) is 0 Å². The summed E-state index contributed by atoms with van der Waals surface area (Å²) >= 11 is 0. The second kappa shape index (κ2) is 3.18. The molecular formula is C7H10N2O2. The normalized spacial score (nSPS) is 9.91. The van der Waals surface area contributed by atoms with Crippen molar-refractivity contribution in [1.82, 2.24) is 4.98 Å². The summed E-state index contributed by atoms with van der Waals surface area (Å²) in [5.74, 6) is 0. The van der Waals surface area contributed by atoms with Gasteiger partial charge < -0.3 is 4.98 Å². The fourth-order valence-corrected chi connectivity index (χ4v) is 0.954. The summed E-state index contributed by atoms with van der Waals surface area (Å²) in [6, 6.07) is 1.91. The molecule has 60 valence electrons. The maximum absolute atomic E-state index is 10.00. The molecular weight excluding hydrogens is 144 g/mol. The summed E-state index contributed by atoms with van der Waals surface area (Å²) in [6.45, 7) is 1.94.